The Balaban J connectivity index is 1.41. The average molecular weight is 365 g/mol. The highest BCUT2D eigenvalue weighted by molar-refractivity contribution is 6.07. The number of para-hydroxylation sites is 1. The number of rotatable bonds is 4. The Morgan fingerprint density at radius 2 is 1.89 bits per heavy atom. The van der Waals surface area contributed by atoms with Gasteiger partial charge in [0.25, 0.3) is 11.8 Å². The molecule has 3 N–H and O–H groups in total. The van der Waals surface area contributed by atoms with Gasteiger partial charge in [-0.05, 0) is 55.2 Å². The second-order valence-electron chi connectivity index (χ2n) is 6.96. The lowest BCUT2D eigenvalue weighted by Crippen LogP contribution is -2.30. The molecular weight excluding hydrogens is 342 g/mol. The third kappa shape index (κ3) is 3.59. The van der Waals surface area contributed by atoms with Crippen molar-refractivity contribution in [2.24, 2.45) is 5.73 Å². The van der Waals surface area contributed by atoms with Crippen molar-refractivity contribution in [1.82, 2.24) is 0 Å². The molecule has 2 heterocycles. The van der Waals surface area contributed by atoms with Crippen LogP contribution < -0.4 is 16.0 Å². The summed E-state index contributed by atoms with van der Waals surface area (Å²) in [6, 6.07) is 15.0. The Morgan fingerprint density at radius 3 is 2.63 bits per heavy atom. The molecule has 0 radical (unpaired) electrons. The lowest BCUT2D eigenvalue weighted by atomic mass is 10.1. The lowest BCUT2D eigenvalue weighted by molar-refractivity contribution is -0.126. The maximum atomic E-state index is 12.8. The number of hydrogen-bond donors (Lipinski definition) is 2. The van der Waals surface area contributed by atoms with Crippen molar-refractivity contribution in [2.75, 3.05) is 23.3 Å². The van der Waals surface area contributed by atoms with E-state index in [2.05, 4.69) is 11.4 Å². The molecule has 2 atom stereocenters. The maximum absolute atomic E-state index is 12.8. The first-order valence-corrected chi connectivity index (χ1v) is 9.32. The topological polar surface area (TPSA) is 84.7 Å². The molecule has 6 nitrogen and oxygen atoms in total. The molecule has 0 aromatic heterocycles. The molecule has 2 aromatic carbocycles. The first kappa shape index (κ1) is 17.7. The van der Waals surface area contributed by atoms with Gasteiger partial charge in [0, 0.05) is 30.0 Å². The number of benzene rings is 2. The average Bonchev–Trinajstić information content (AvgIpc) is 3.35. The van der Waals surface area contributed by atoms with Crippen LogP contribution in [0.4, 0.5) is 11.4 Å². The van der Waals surface area contributed by atoms with E-state index in [0.29, 0.717) is 30.8 Å². The minimum absolute atomic E-state index is 0.0252. The largest absolute Gasteiger partial charge is 0.364 e. The molecule has 4 rings (SSSR count). The first-order valence-electron chi connectivity index (χ1n) is 9.32. The van der Waals surface area contributed by atoms with Gasteiger partial charge in [-0.2, -0.15) is 0 Å². The Morgan fingerprint density at radius 1 is 1.11 bits per heavy atom. The molecule has 140 valence electrons. The minimum atomic E-state index is -0.457. The molecule has 0 spiro atoms. The summed E-state index contributed by atoms with van der Waals surface area (Å²) in [6.45, 7) is 1.12. The van der Waals surface area contributed by atoms with Crippen LogP contribution in [0.1, 0.15) is 28.8 Å². The van der Waals surface area contributed by atoms with E-state index in [9.17, 15) is 9.59 Å². The van der Waals surface area contributed by atoms with Gasteiger partial charge in [0.05, 0.1) is 6.10 Å². The van der Waals surface area contributed by atoms with Gasteiger partial charge in [-0.15, -0.1) is 0 Å². The Hall–Kier alpha value is -2.70. The molecular formula is C21H23N3O3. The van der Waals surface area contributed by atoms with E-state index in [1.165, 1.54) is 5.56 Å². The number of fused-ring (bicyclic) bond motifs is 1. The van der Waals surface area contributed by atoms with Gasteiger partial charge in [0.2, 0.25) is 0 Å². The van der Waals surface area contributed by atoms with Crippen LogP contribution in [-0.4, -0.2) is 37.1 Å². The van der Waals surface area contributed by atoms with E-state index in [1.54, 1.807) is 24.3 Å². The second-order valence-corrected chi connectivity index (χ2v) is 6.96. The van der Waals surface area contributed by atoms with Crippen LogP contribution in [-0.2, 0) is 16.0 Å². The van der Waals surface area contributed by atoms with E-state index >= 15 is 0 Å². The normalized spacial score (nSPS) is 21.1. The number of hydrogen-bond acceptors (Lipinski definition) is 4. The summed E-state index contributed by atoms with van der Waals surface area (Å²) >= 11 is 0. The van der Waals surface area contributed by atoms with Crippen molar-refractivity contribution in [3.63, 3.8) is 0 Å². The zero-order valence-electron chi connectivity index (χ0n) is 15.1. The van der Waals surface area contributed by atoms with Crippen molar-refractivity contribution in [3.8, 4) is 0 Å². The summed E-state index contributed by atoms with van der Waals surface area (Å²) in [5.74, 6) is -0.193. The van der Waals surface area contributed by atoms with Crippen molar-refractivity contribution in [2.45, 2.75) is 31.5 Å². The van der Waals surface area contributed by atoms with Crippen LogP contribution in [0.15, 0.2) is 48.5 Å². The molecule has 2 aliphatic heterocycles. The molecule has 0 aliphatic carbocycles. The van der Waals surface area contributed by atoms with Crippen LogP contribution in [0.3, 0.4) is 0 Å². The lowest BCUT2D eigenvalue weighted by Gasteiger charge is -2.18. The van der Waals surface area contributed by atoms with Crippen LogP contribution >= 0.6 is 0 Å². The summed E-state index contributed by atoms with van der Waals surface area (Å²) in [7, 11) is 0. The van der Waals surface area contributed by atoms with Gasteiger partial charge in [-0.1, -0.05) is 18.2 Å². The third-order valence-corrected chi connectivity index (χ3v) is 5.19. The van der Waals surface area contributed by atoms with E-state index in [0.717, 1.165) is 18.5 Å². The highest BCUT2D eigenvalue weighted by Gasteiger charge is 2.30. The molecule has 1 fully saturated rings. The number of nitrogens with two attached hydrogens (primary N) is 1. The highest BCUT2D eigenvalue weighted by Crippen LogP contribution is 2.29. The summed E-state index contributed by atoms with van der Waals surface area (Å²) in [6.07, 6.45) is 1.87. The predicted molar refractivity (Wildman–Crippen MR) is 104 cm³/mol. The van der Waals surface area contributed by atoms with Gasteiger partial charge in [-0.25, -0.2) is 0 Å². The standard InChI is InChI=1S/C21H23N3O3/c22-13-17-9-10-19(27-17)20(25)23-16-7-5-15(6-8-16)21(26)24-12-11-14-3-1-2-4-18(14)24/h1-8,17,19H,9-13,22H2,(H,23,25)/t17-,19+/m1/s1. The number of anilines is 2. The summed E-state index contributed by atoms with van der Waals surface area (Å²) in [5, 5.41) is 2.85. The Kier molecular flexibility index (Phi) is 4.92. The SMILES string of the molecule is NC[C@H]1CC[C@@H](C(=O)Nc2ccc(C(=O)N3CCc4ccccc43)cc2)O1. The fraction of sp³-hybridized carbons (Fsp3) is 0.333. The van der Waals surface area contributed by atoms with Crippen LogP contribution in [0.25, 0.3) is 0 Å². The van der Waals surface area contributed by atoms with Crippen LogP contribution in [0, 0.1) is 0 Å². The van der Waals surface area contributed by atoms with Crippen molar-refractivity contribution in [1.29, 1.82) is 0 Å². The molecule has 27 heavy (non-hydrogen) atoms. The van der Waals surface area contributed by atoms with Gasteiger partial charge in [0.1, 0.15) is 6.10 Å². The van der Waals surface area contributed by atoms with Gasteiger partial charge in [0.15, 0.2) is 0 Å². The highest BCUT2D eigenvalue weighted by atomic mass is 16.5. The van der Waals surface area contributed by atoms with E-state index in [1.807, 2.05) is 23.1 Å². The number of nitrogens with zero attached hydrogens (tertiary/aromatic N) is 1. The number of nitrogens with one attached hydrogen (secondary N) is 1. The van der Waals surface area contributed by atoms with Gasteiger partial charge < -0.3 is 20.7 Å². The fourth-order valence-corrected chi connectivity index (χ4v) is 3.70. The van der Waals surface area contributed by atoms with E-state index < -0.39 is 6.10 Å². The molecule has 2 aromatic rings. The smallest absolute Gasteiger partial charge is 0.258 e. The van der Waals surface area contributed by atoms with Gasteiger partial charge >= 0.3 is 0 Å². The Bertz CT molecular complexity index is 850. The van der Waals surface area contributed by atoms with Gasteiger partial charge in [-0.3, -0.25) is 9.59 Å². The van der Waals surface area contributed by atoms with Crippen LogP contribution in [0.2, 0.25) is 0 Å². The maximum Gasteiger partial charge on any atom is 0.258 e. The molecule has 0 bridgehead atoms. The number of carbonyl (C=O) groups is 2. The van der Waals surface area contributed by atoms with Crippen LogP contribution in [0.5, 0.6) is 0 Å². The molecule has 1 saturated heterocycles. The molecule has 2 amide bonds. The quantitative estimate of drug-likeness (QED) is 0.871. The van der Waals surface area contributed by atoms with E-state index in [-0.39, 0.29) is 17.9 Å². The van der Waals surface area contributed by atoms with Crippen molar-refractivity contribution < 1.29 is 14.3 Å². The number of carbonyl (C=O) groups excluding carboxylic acids is 2. The second kappa shape index (κ2) is 7.50. The molecule has 2 aliphatic rings. The summed E-state index contributed by atoms with van der Waals surface area (Å²) in [5.41, 5.74) is 9.01. The minimum Gasteiger partial charge on any atom is -0.364 e. The molecule has 0 saturated carbocycles. The third-order valence-electron chi connectivity index (χ3n) is 5.19. The van der Waals surface area contributed by atoms with Crippen molar-refractivity contribution in [3.05, 3.63) is 59.7 Å². The molecule has 0 unspecified atom stereocenters. The zero-order valence-corrected chi connectivity index (χ0v) is 15.1. The summed E-state index contributed by atoms with van der Waals surface area (Å²) < 4.78 is 5.61. The monoisotopic (exact) mass is 365 g/mol. The predicted octanol–water partition coefficient (Wildman–Crippen LogP) is 2.33. The molecule has 6 heteroatoms. The number of amides is 2. The Labute approximate surface area is 158 Å². The summed E-state index contributed by atoms with van der Waals surface area (Å²) in [4.78, 5) is 26.9. The fourth-order valence-electron chi connectivity index (χ4n) is 3.70. The van der Waals surface area contributed by atoms with E-state index in [4.69, 9.17) is 10.5 Å². The van der Waals surface area contributed by atoms with Crippen molar-refractivity contribution >= 4 is 23.2 Å². The number of ether oxygens (including phenoxy) is 1. The first-order chi connectivity index (χ1) is 13.2. The zero-order chi connectivity index (χ0) is 18.8.